The number of nitrogens with zero attached hydrogens (tertiary/aromatic N) is 2. The van der Waals surface area contributed by atoms with Gasteiger partial charge in [0.05, 0.1) is 12.1 Å². The molecule has 2 N–H and O–H groups in total. The predicted molar refractivity (Wildman–Crippen MR) is 124 cm³/mol. The summed E-state index contributed by atoms with van der Waals surface area (Å²) in [7, 11) is 0. The third kappa shape index (κ3) is 8.09. The first kappa shape index (κ1) is 24.0. The van der Waals surface area contributed by atoms with Crippen LogP contribution in [-0.2, 0) is 11.2 Å². The summed E-state index contributed by atoms with van der Waals surface area (Å²) in [5.74, 6) is 0. The average molecular weight is 432 g/mol. The normalized spacial score (nSPS) is 21.4. The molecule has 0 unspecified atom stereocenters. The van der Waals surface area contributed by atoms with E-state index in [2.05, 4.69) is 15.1 Å². The molecule has 1 aromatic rings. The maximum absolute atomic E-state index is 12.4. The number of benzene rings is 1. The van der Waals surface area contributed by atoms with E-state index in [1.165, 1.54) is 32.4 Å². The highest BCUT2D eigenvalue weighted by Gasteiger charge is 2.30. The Kier molecular flexibility index (Phi) is 8.76. The number of aliphatic hydroxyl groups is 1. The van der Waals surface area contributed by atoms with Crippen molar-refractivity contribution in [2.75, 3.05) is 32.7 Å². The number of amides is 1. The highest BCUT2D eigenvalue weighted by Crippen LogP contribution is 2.21. The van der Waals surface area contributed by atoms with Crippen LogP contribution in [0.15, 0.2) is 30.3 Å². The zero-order valence-electron chi connectivity index (χ0n) is 19.6. The first-order valence-corrected chi connectivity index (χ1v) is 12.0. The van der Waals surface area contributed by atoms with Crippen molar-refractivity contribution in [2.24, 2.45) is 0 Å². The number of carbonyl (C=O) groups excluding carboxylic acids is 1. The molecule has 0 aliphatic carbocycles. The van der Waals surface area contributed by atoms with Crippen LogP contribution in [0, 0.1) is 0 Å². The second-order valence-electron chi connectivity index (χ2n) is 10.1. The topological polar surface area (TPSA) is 65.0 Å². The van der Waals surface area contributed by atoms with Crippen LogP contribution in [0.25, 0.3) is 0 Å². The van der Waals surface area contributed by atoms with E-state index in [4.69, 9.17) is 4.74 Å². The van der Waals surface area contributed by atoms with Crippen molar-refractivity contribution < 1.29 is 14.6 Å². The Morgan fingerprint density at radius 1 is 1.10 bits per heavy atom. The highest BCUT2D eigenvalue weighted by atomic mass is 16.6. The number of ether oxygens (including phenoxy) is 1. The van der Waals surface area contributed by atoms with Gasteiger partial charge in [-0.25, -0.2) is 4.79 Å². The lowest BCUT2D eigenvalue weighted by Crippen LogP contribution is -2.53. The third-order valence-electron chi connectivity index (χ3n) is 6.37. The van der Waals surface area contributed by atoms with Gasteiger partial charge in [-0.05, 0) is 84.6 Å². The number of piperidine rings is 2. The Morgan fingerprint density at radius 3 is 2.35 bits per heavy atom. The lowest BCUT2D eigenvalue weighted by Gasteiger charge is -2.41. The van der Waals surface area contributed by atoms with Crippen molar-refractivity contribution in [3.8, 4) is 0 Å². The number of rotatable bonds is 7. The minimum atomic E-state index is -0.653. The number of hydrogen-bond donors (Lipinski definition) is 2. The quantitative estimate of drug-likeness (QED) is 0.692. The fourth-order valence-corrected chi connectivity index (χ4v) is 4.75. The molecule has 0 bridgehead atoms. The SMILES string of the molecule is CC(C)(C)OC(=O)N[C@H](Cc1ccccc1)[C@@H](O)CN1CCC(N2CCCCC2)CC1. The number of nitrogens with one attached hydrogen (secondary N) is 1. The van der Waals surface area contributed by atoms with Crippen LogP contribution in [0.3, 0.4) is 0 Å². The van der Waals surface area contributed by atoms with E-state index in [1.54, 1.807) is 0 Å². The minimum absolute atomic E-state index is 0.392. The Hall–Kier alpha value is -1.63. The van der Waals surface area contributed by atoms with Gasteiger partial charge >= 0.3 is 6.09 Å². The third-order valence-corrected chi connectivity index (χ3v) is 6.37. The van der Waals surface area contributed by atoms with Crippen LogP contribution in [0.2, 0.25) is 0 Å². The average Bonchev–Trinajstić information content (AvgIpc) is 2.74. The zero-order valence-corrected chi connectivity index (χ0v) is 19.6. The molecule has 174 valence electrons. The molecule has 2 aliphatic rings. The fourth-order valence-electron chi connectivity index (χ4n) is 4.75. The Morgan fingerprint density at radius 2 is 1.74 bits per heavy atom. The van der Waals surface area contributed by atoms with E-state index < -0.39 is 23.8 Å². The summed E-state index contributed by atoms with van der Waals surface area (Å²) < 4.78 is 5.45. The maximum atomic E-state index is 12.4. The molecule has 0 saturated carbocycles. The highest BCUT2D eigenvalue weighted by molar-refractivity contribution is 5.68. The van der Waals surface area contributed by atoms with Crippen LogP contribution in [0.1, 0.15) is 58.4 Å². The number of likely N-dealkylation sites (tertiary alicyclic amines) is 2. The number of β-amino-alcohol motifs (C(OH)–C–C–N with tert-alkyl or cyclic N) is 1. The van der Waals surface area contributed by atoms with Crippen molar-refractivity contribution in [1.82, 2.24) is 15.1 Å². The van der Waals surface area contributed by atoms with Crippen molar-refractivity contribution in [3.05, 3.63) is 35.9 Å². The molecule has 0 spiro atoms. The van der Waals surface area contributed by atoms with Crippen LogP contribution in [-0.4, -0.2) is 77.5 Å². The van der Waals surface area contributed by atoms with Crippen molar-refractivity contribution in [2.45, 2.75) is 83.1 Å². The van der Waals surface area contributed by atoms with Crippen LogP contribution in [0.5, 0.6) is 0 Å². The van der Waals surface area contributed by atoms with Crippen LogP contribution in [0.4, 0.5) is 4.79 Å². The molecule has 2 saturated heterocycles. The number of carbonyl (C=O) groups is 1. The molecule has 2 aliphatic heterocycles. The molecule has 2 heterocycles. The molecule has 31 heavy (non-hydrogen) atoms. The second kappa shape index (κ2) is 11.3. The summed E-state index contributed by atoms with van der Waals surface area (Å²) in [6.45, 7) is 10.6. The molecule has 1 amide bonds. The molecule has 6 heteroatoms. The van der Waals surface area contributed by atoms with Gasteiger partial charge in [-0.3, -0.25) is 0 Å². The van der Waals surface area contributed by atoms with Crippen LogP contribution >= 0.6 is 0 Å². The zero-order chi connectivity index (χ0) is 22.3. The van der Waals surface area contributed by atoms with Crippen molar-refractivity contribution in [3.63, 3.8) is 0 Å². The van der Waals surface area contributed by atoms with Gasteiger partial charge in [-0.1, -0.05) is 36.8 Å². The van der Waals surface area contributed by atoms with Gasteiger partial charge in [-0.2, -0.15) is 0 Å². The smallest absolute Gasteiger partial charge is 0.407 e. The summed E-state index contributed by atoms with van der Waals surface area (Å²) in [6, 6.07) is 10.3. The molecule has 0 radical (unpaired) electrons. The number of alkyl carbamates (subject to hydrolysis) is 1. The molecule has 3 rings (SSSR count). The van der Waals surface area contributed by atoms with Crippen molar-refractivity contribution in [1.29, 1.82) is 0 Å². The summed E-state index contributed by atoms with van der Waals surface area (Å²) in [6.07, 6.45) is 5.80. The van der Waals surface area contributed by atoms with Gasteiger partial charge in [0.25, 0.3) is 0 Å². The molecular weight excluding hydrogens is 390 g/mol. The van der Waals surface area contributed by atoms with E-state index in [1.807, 2.05) is 51.1 Å². The lowest BCUT2D eigenvalue weighted by molar-refractivity contribution is 0.0287. The van der Waals surface area contributed by atoms with Crippen LogP contribution < -0.4 is 5.32 Å². The lowest BCUT2D eigenvalue weighted by atomic mass is 9.97. The molecule has 1 aromatic carbocycles. The van der Waals surface area contributed by atoms with Gasteiger partial charge in [0.15, 0.2) is 0 Å². The second-order valence-corrected chi connectivity index (χ2v) is 10.1. The monoisotopic (exact) mass is 431 g/mol. The number of hydrogen-bond acceptors (Lipinski definition) is 5. The standard InChI is InChI=1S/C25H41N3O3/c1-25(2,3)31-24(30)26-22(18-20-10-6-4-7-11-20)23(29)19-27-16-12-21(13-17-27)28-14-8-5-9-15-28/h4,6-7,10-11,21-23,29H,5,8-9,12-19H2,1-3H3,(H,26,30)/t22-,23+/m1/s1. The Bertz CT molecular complexity index is 662. The molecular formula is C25H41N3O3. The molecule has 0 aromatic heterocycles. The van der Waals surface area contributed by atoms with Gasteiger partial charge in [-0.15, -0.1) is 0 Å². The summed E-state index contributed by atoms with van der Waals surface area (Å²) >= 11 is 0. The van der Waals surface area contributed by atoms with Gasteiger partial charge in [0, 0.05) is 12.6 Å². The Labute approximate surface area is 187 Å². The summed E-state index contributed by atoms with van der Waals surface area (Å²) in [4.78, 5) is 17.4. The number of aliphatic hydroxyl groups excluding tert-OH is 1. The fraction of sp³-hybridized carbons (Fsp3) is 0.720. The van der Waals surface area contributed by atoms with Crippen molar-refractivity contribution >= 4 is 6.09 Å². The van der Waals surface area contributed by atoms with E-state index in [9.17, 15) is 9.90 Å². The summed E-state index contributed by atoms with van der Waals surface area (Å²) in [5, 5.41) is 14.0. The van der Waals surface area contributed by atoms with E-state index in [0.717, 1.165) is 31.5 Å². The van der Waals surface area contributed by atoms with Gasteiger partial charge in [0.2, 0.25) is 0 Å². The van der Waals surface area contributed by atoms with Gasteiger partial charge in [0.1, 0.15) is 5.60 Å². The maximum Gasteiger partial charge on any atom is 0.407 e. The first-order chi connectivity index (χ1) is 14.8. The van der Waals surface area contributed by atoms with E-state index >= 15 is 0 Å². The predicted octanol–water partition coefficient (Wildman–Crippen LogP) is 3.43. The van der Waals surface area contributed by atoms with E-state index in [-0.39, 0.29) is 0 Å². The largest absolute Gasteiger partial charge is 0.444 e. The molecule has 2 fully saturated rings. The molecule has 6 nitrogen and oxygen atoms in total. The molecule has 2 atom stereocenters. The summed E-state index contributed by atoms with van der Waals surface area (Å²) in [5.41, 5.74) is 0.522. The first-order valence-electron chi connectivity index (χ1n) is 12.0. The van der Waals surface area contributed by atoms with Gasteiger partial charge < -0.3 is 25.0 Å². The Balaban J connectivity index is 1.54. The van der Waals surface area contributed by atoms with E-state index in [0.29, 0.717) is 19.0 Å². The minimum Gasteiger partial charge on any atom is -0.444 e.